The fraction of sp³-hybridized carbons (Fsp3) is 0.429. The average Bonchev–Trinajstić information content (AvgIpc) is 2.36. The van der Waals surface area contributed by atoms with E-state index in [2.05, 4.69) is 5.73 Å². The number of benzene rings is 1. The molecule has 0 spiro atoms. The van der Waals surface area contributed by atoms with E-state index in [4.69, 9.17) is 9.53 Å². The molecule has 102 valence electrons. The number of primary amides is 1. The highest BCUT2D eigenvalue weighted by atomic mass is 16.5. The zero-order valence-electron chi connectivity index (χ0n) is 11.8. The molecule has 0 radical (unpaired) electrons. The Labute approximate surface area is 109 Å². The van der Waals surface area contributed by atoms with Gasteiger partial charge in [-0.05, 0) is 44.0 Å². The van der Waals surface area contributed by atoms with Crippen molar-refractivity contribution in [3.63, 3.8) is 0 Å². The number of hydrogen-bond donors (Lipinski definition) is 1. The number of amides is 1. The maximum atomic E-state index is 11.3. The lowest BCUT2D eigenvalue weighted by Crippen LogP contribution is -2.04. The molecule has 0 aliphatic heterocycles. The van der Waals surface area contributed by atoms with Crippen molar-refractivity contribution in [1.82, 2.24) is 0 Å². The Morgan fingerprint density at radius 3 is 2.17 bits per heavy atom. The van der Waals surface area contributed by atoms with Crippen LogP contribution < -0.4 is 5.73 Å². The third-order valence-corrected chi connectivity index (χ3v) is 2.02. The monoisotopic (exact) mass is 253 g/mol. The van der Waals surface area contributed by atoms with Crippen molar-refractivity contribution in [2.45, 2.75) is 34.6 Å². The van der Waals surface area contributed by atoms with Crippen molar-refractivity contribution in [3.05, 3.63) is 34.9 Å². The summed E-state index contributed by atoms with van der Waals surface area (Å²) >= 11 is 0. The van der Waals surface area contributed by atoms with Crippen LogP contribution in [0.2, 0.25) is 0 Å². The quantitative estimate of drug-likeness (QED) is 0.650. The van der Waals surface area contributed by atoms with E-state index >= 15 is 0 Å². The fourth-order valence-corrected chi connectivity index (χ4v) is 1.08. The first-order valence-corrected chi connectivity index (χ1v) is 5.96. The second-order valence-electron chi connectivity index (χ2n) is 3.16. The minimum atomic E-state index is -0.245. The highest BCUT2D eigenvalue weighted by molar-refractivity contribution is 5.89. The van der Waals surface area contributed by atoms with Crippen LogP contribution in [0.15, 0.2) is 18.2 Å². The minimum Gasteiger partial charge on any atom is -0.462 e. The molecule has 0 aliphatic carbocycles. The number of rotatable bonds is 2. The molecular weight excluding hydrogens is 230 g/mol. The number of nitrogens with two attached hydrogens (primary N) is 1. The van der Waals surface area contributed by atoms with E-state index in [1.165, 1.54) is 5.56 Å². The molecular formula is C14H23NO3. The predicted molar refractivity (Wildman–Crippen MR) is 73.5 cm³/mol. The predicted octanol–water partition coefficient (Wildman–Crippen LogP) is 2.61. The molecule has 0 saturated carbocycles. The van der Waals surface area contributed by atoms with Crippen molar-refractivity contribution >= 4 is 12.4 Å². The van der Waals surface area contributed by atoms with Crippen LogP contribution in [-0.2, 0) is 9.53 Å². The van der Waals surface area contributed by atoms with Gasteiger partial charge in [0.05, 0.1) is 12.2 Å². The molecule has 0 saturated heterocycles. The molecule has 1 amide bonds. The Balaban J connectivity index is 0. The molecule has 0 atom stereocenters. The summed E-state index contributed by atoms with van der Waals surface area (Å²) in [4.78, 5) is 19.9. The summed E-state index contributed by atoms with van der Waals surface area (Å²) in [6, 6.07) is 5.58. The van der Waals surface area contributed by atoms with Crippen LogP contribution in [0, 0.1) is 13.8 Å². The van der Waals surface area contributed by atoms with E-state index in [1.54, 1.807) is 13.0 Å². The molecule has 0 bridgehead atoms. The normalized spacial score (nSPS) is 8.06. The van der Waals surface area contributed by atoms with E-state index in [-0.39, 0.29) is 12.4 Å². The van der Waals surface area contributed by atoms with Gasteiger partial charge in [0.15, 0.2) is 0 Å². The maximum absolute atomic E-state index is 11.3. The highest BCUT2D eigenvalue weighted by Gasteiger charge is 2.06. The SMILES string of the molecule is CC.CCOC(=O)c1ccc(C)c(C)c1.NC=O. The Kier molecular flexibility index (Phi) is 12.0. The molecule has 18 heavy (non-hydrogen) atoms. The molecule has 1 aromatic carbocycles. The molecule has 0 aromatic heterocycles. The topological polar surface area (TPSA) is 69.4 Å². The van der Waals surface area contributed by atoms with Gasteiger partial charge >= 0.3 is 5.97 Å². The number of ether oxygens (including phenoxy) is 1. The number of aryl methyl sites for hydroxylation is 2. The first kappa shape index (κ1) is 18.5. The Bertz CT molecular complexity index is 362. The fourth-order valence-electron chi connectivity index (χ4n) is 1.08. The molecule has 0 heterocycles. The van der Waals surface area contributed by atoms with Gasteiger partial charge in [0.1, 0.15) is 0 Å². The third kappa shape index (κ3) is 7.44. The van der Waals surface area contributed by atoms with Crippen molar-refractivity contribution < 1.29 is 14.3 Å². The van der Waals surface area contributed by atoms with Crippen LogP contribution in [0.3, 0.4) is 0 Å². The number of hydrogen-bond acceptors (Lipinski definition) is 3. The Morgan fingerprint density at radius 2 is 1.78 bits per heavy atom. The standard InChI is InChI=1S/C11H14O2.C2H6.CH3NO/c1-4-13-11(12)10-6-5-8(2)9(3)7-10;1-2;2-1-3/h5-7H,4H2,1-3H3;1-2H3;1H,(H2,2,3). The van der Waals surface area contributed by atoms with Crippen LogP contribution in [0.5, 0.6) is 0 Å². The summed E-state index contributed by atoms with van der Waals surface area (Å²) < 4.78 is 4.88. The summed E-state index contributed by atoms with van der Waals surface area (Å²) in [7, 11) is 0. The first-order valence-electron chi connectivity index (χ1n) is 5.96. The lowest BCUT2D eigenvalue weighted by atomic mass is 10.1. The first-order chi connectivity index (χ1) is 8.56. The van der Waals surface area contributed by atoms with Gasteiger partial charge in [0.25, 0.3) is 0 Å². The Hall–Kier alpha value is -1.84. The van der Waals surface area contributed by atoms with E-state index in [0.717, 1.165) is 5.56 Å². The molecule has 0 fully saturated rings. The van der Waals surface area contributed by atoms with Crippen molar-refractivity contribution in [2.75, 3.05) is 6.61 Å². The zero-order valence-corrected chi connectivity index (χ0v) is 11.8. The van der Waals surface area contributed by atoms with Crippen molar-refractivity contribution in [1.29, 1.82) is 0 Å². The van der Waals surface area contributed by atoms with Gasteiger partial charge in [-0.15, -0.1) is 0 Å². The summed E-state index contributed by atoms with van der Waals surface area (Å²) in [6.07, 6.45) is 0.250. The van der Waals surface area contributed by atoms with Gasteiger partial charge in [-0.1, -0.05) is 19.9 Å². The molecule has 2 N–H and O–H groups in total. The van der Waals surface area contributed by atoms with E-state index < -0.39 is 0 Å². The zero-order chi connectivity index (χ0) is 14.6. The average molecular weight is 253 g/mol. The molecule has 1 aromatic rings. The van der Waals surface area contributed by atoms with Gasteiger partial charge in [-0.25, -0.2) is 4.79 Å². The van der Waals surface area contributed by atoms with Gasteiger partial charge in [-0.3, -0.25) is 4.79 Å². The second-order valence-corrected chi connectivity index (χ2v) is 3.16. The summed E-state index contributed by atoms with van der Waals surface area (Å²) in [5, 5.41) is 0. The molecule has 4 nitrogen and oxygen atoms in total. The van der Waals surface area contributed by atoms with Gasteiger partial charge in [0.2, 0.25) is 6.41 Å². The largest absolute Gasteiger partial charge is 0.462 e. The van der Waals surface area contributed by atoms with Gasteiger partial charge in [-0.2, -0.15) is 0 Å². The van der Waals surface area contributed by atoms with Crippen LogP contribution in [0.4, 0.5) is 0 Å². The third-order valence-electron chi connectivity index (χ3n) is 2.02. The summed E-state index contributed by atoms with van der Waals surface area (Å²) in [6.45, 7) is 10.2. The number of carbonyl (C=O) groups is 2. The van der Waals surface area contributed by atoms with Gasteiger partial charge in [0, 0.05) is 0 Å². The lowest BCUT2D eigenvalue weighted by molar-refractivity contribution is -0.106. The lowest BCUT2D eigenvalue weighted by Gasteiger charge is -2.04. The highest BCUT2D eigenvalue weighted by Crippen LogP contribution is 2.10. The summed E-state index contributed by atoms with van der Waals surface area (Å²) in [5.74, 6) is -0.245. The number of esters is 1. The van der Waals surface area contributed by atoms with Gasteiger partial charge < -0.3 is 10.5 Å². The minimum absolute atomic E-state index is 0.245. The van der Waals surface area contributed by atoms with E-state index in [0.29, 0.717) is 12.2 Å². The molecule has 4 heteroatoms. The van der Waals surface area contributed by atoms with Crippen LogP contribution in [0.25, 0.3) is 0 Å². The van der Waals surface area contributed by atoms with Crippen LogP contribution in [-0.4, -0.2) is 19.0 Å². The Morgan fingerprint density at radius 1 is 1.28 bits per heavy atom. The van der Waals surface area contributed by atoms with Crippen molar-refractivity contribution in [2.24, 2.45) is 5.73 Å². The van der Waals surface area contributed by atoms with Crippen molar-refractivity contribution in [3.8, 4) is 0 Å². The summed E-state index contributed by atoms with van der Waals surface area (Å²) in [5.41, 5.74) is 7.10. The smallest absolute Gasteiger partial charge is 0.338 e. The molecule has 0 unspecified atom stereocenters. The molecule has 1 rings (SSSR count). The molecule has 0 aliphatic rings. The second kappa shape index (κ2) is 11.6. The van der Waals surface area contributed by atoms with Crippen LogP contribution in [0.1, 0.15) is 42.3 Å². The van der Waals surface area contributed by atoms with E-state index in [9.17, 15) is 4.79 Å². The van der Waals surface area contributed by atoms with E-state index in [1.807, 2.05) is 39.8 Å². The maximum Gasteiger partial charge on any atom is 0.338 e. The van der Waals surface area contributed by atoms with Crippen LogP contribution >= 0.6 is 0 Å². The number of carbonyl (C=O) groups excluding carboxylic acids is 2.